The number of carbonyl (C=O) groups is 2. The second kappa shape index (κ2) is 10.5. The number of amides is 2. The first-order chi connectivity index (χ1) is 15.8. The predicted octanol–water partition coefficient (Wildman–Crippen LogP) is 4.60. The van der Waals surface area contributed by atoms with Gasteiger partial charge in [0, 0.05) is 29.5 Å². The Bertz CT molecular complexity index is 1050. The van der Waals surface area contributed by atoms with Crippen molar-refractivity contribution in [2.24, 2.45) is 16.9 Å². The Morgan fingerprint density at radius 1 is 1.15 bits per heavy atom. The molecular formula is C25H30FN3O4. The van der Waals surface area contributed by atoms with Crippen LogP contribution in [-0.4, -0.2) is 36.8 Å². The molecule has 0 spiro atoms. The zero-order chi connectivity index (χ0) is 24.1. The highest BCUT2D eigenvalue weighted by atomic mass is 19.1. The van der Waals surface area contributed by atoms with Crippen LogP contribution in [0.15, 0.2) is 41.5 Å². The summed E-state index contributed by atoms with van der Waals surface area (Å²) in [5.41, 5.74) is 2.83. The van der Waals surface area contributed by atoms with Gasteiger partial charge in [-0.05, 0) is 36.2 Å². The van der Waals surface area contributed by atoms with Crippen molar-refractivity contribution < 1.29 is 23.5 Å². The average molecular weight is 456 g/mol. The number of methoxy groups -OCH3 is 2. The van der Waals surface area contributed by atoms with Crippen LogP contribution < -0.4 is 14.8 Å². The summed E-state index contributed by atoms with van der Waals surface area (Å²) in [6.07, 6.45) is 0.992. The zero-order valence-electron chi connectivity index (χ0n) is 19.6. The van der Waals surface area contributed by atoms with E-state index in [-0.39, 0.29) is 41.7 Å². The maximum atomic E-state index is 14.2. The molecule has 1 aliphatic rings. The summed E-state index contributed by atoms with van der Waals surface area (Å²) < 4.78 is 24.9. The van der Waals surface area contributed by atoms with Gasteiger partial charge in [-0.25, -0.2) is 9.40 Å². The first kappa shape index (κ1) is 24.2. The Morgan fingerprint density at radius 3 is 2.39 bits per heavy atom. The minimum Gasteiger partial charge on any atom is -0.492 e. The Kier molecular flexibility index (Phi) is 7.68. The van der Waals surface area contributed by atoms with Gasteiger partial charge in [0.15, 0.2) is 17.3 Å². The number of nitrogens with zero attached hydrogens (tertiary/aromatic N) is 2. The topological polar surface area (TPSA) is 80.2 Å². The minimum atomic E-state index is -0.528. The van der Waals surface area contributed by atoms with Crippen LogP contribution in [0.1, 0.15) is 44.7 Å². The van der Waals surface area contributed by atoms with E-state index in [0.29, 0.717) is 29.8 Å². The summed E-state index contributed by atoms with van der Waals surface area (Å²) in [7, 11) is 2.83. The van der Waals surface area contributed by atoms with E-state index >= 15 is 0 Å². The number of halogens is 1. The monoisotopic (exact) mass is 455 g/mol. The van der Waals surface area contributed by atoms with Crippen LogP contribution in [0, 0.1) is 17.7 Å². The highest BCUT2D eigenvalue weighted by Gasteiger charge is 2.32. The largest absolute Gasteiger partial charge is 0.492 e. The van der Waals surface area contributed by atoms with E-state index in [4.69, 9.17) is 9.47 Å². The second-order valence-electron chi connectivity index (χ2n) is 8.25. The highest BCUT2D eigenvalue weighted by molar-refractivity contribution is 6.08. The van der Waals surface area contributed by atoms with E-state index in [9.17, 15) is 14.0 Å². The summed E-state index contributed by atoms with van der Waals surface area (Å²) >= 11 is 0. The van der Waals surface area contributed by atoms with Gasteiger partial charge >= 0.3 is 0 Å². The molecule has 0 fully saturated rings. The van der Waals surface area contributed by atoms with E-state index in [2.05, 4.69) is 10.4 Å². The fourth-order valence-electron chi connectivity index (χ4n) is 3.70. The molecule has 1 atom stereocenters. The Labute approximate surface area is 193 Å². The van der Waals surface area contributed by atoms with Gasteiger partial charge < -0.3 is 14.8 Å². The maximum Gasteiger partial charge on any atom is 0.243 e. The molecule has 1 heterocycles. The van der Waals surface area contributed by atoms with E-state index in [1.54, 1.807) is 18.2 Å². The van der Waals surface area contributed by atoms with Gasteiger partial charge in [0.1, 0.15) is 0 Å². The second-order valence-corrected chi connectivity index (χ2v) is 8.25. The Balaban J connectivity index is 1.90. The summed E-state index contributed by atoms with van der Waals surface area (Å²) in [5.74, 6) is -0.638. The Morgan fingerprint density at radius 2 is 1.82 bits per heavy atom. The summed E-state index contributed by atoms with van der Waals surface area (Å²) in [4.78, 5) is 24.7. The molecule has 0 saturated carbocycles. The third kappa shape index (κ3) is 5.32. The van der Waals surface area contributed by atoms with Gasteiger partial charge in [0.2, 0.25) is 11.8 Å². The molecule has 7 nitrogen and oxygen atoms in total. The van der Waals surface area contributed by atoms with Crippen molar-refractivity contribution in [3.8, 4) is 11.5 Å². The van der Waals surface area contributed by atoms with Crippen molar-refractivity contribution in [1.82, 2.24) is 5.01 Å². The summed E-state index contributed by atoms with van der Waals surface area (Å²) in [6, 6.07) is 10.2. The fourth-order valence-corrected chi connectivity index (χ4v) is 3.70. The standard InChI is InChI=1S/C25H30FN3O4/c1-6-17-13-21(30)29(14-16-7-9-18(10-8-16)27-25(31)15(2)3)28-22(17)19-11-12-20(26)24(33-5)23(19)32-4/h7-12,15,17H,6,13-14H2,1-5H3,(H,27,31). The lowest BCUT2D eigenvalue weighted by molar-refractivity contribution is -0.133. The lowest BCUT2D eigenvalue weighted by Gasteiger charge is -2.30. The third-order valence-corrected chi connectivity index (χ3v) is 5.64. The van der Waals surface area contributed by atoms with Gasteiger partial charge in [-0.3, -0.25) is 9.59 Å². The molecule has 2 aromatic carbocycles. The lowest BCUT2D eigenvalue weighted by atomic mass is 9.89. The average Bonchev–Trinajstić information content (AvgIpc) is 2.80. The summed E-state index contributed by atoms with van der Waals surface area (Å²) in [6.45, 7) is 5.92. The first-order valence-electron chi connectivity index (χ1n) is 11.0. The minimum absolute atomic E-state index is 0.00929. The maximum absolute atomic E-state index is 14.2. The molecule has 1 aliphatic heterocycles. The van der Waals surface area contributed by atoms with Crippen LogP contribution >= 0.6 is 0 Å². The van der Waals surface area contributed by atoms with Crippen LogP contribution in [0.3, 0.4) is 0 Å². The number of hydrogen-bond donors (Lipinski definition) is 1. The SMILES string of the molecule is CCC1CC(=O)N(Cc2ccc(NC(=O)C(C)C)cc2)N=C1c1ccc(F)c(OC)c1OC. The molecular weight excluding hydrogens is 425 g/mol. The van der Waals surface area contributed by atoms with Gasteiger partial charge in [-0.2, -0.15) is 5.10 Å². The van der Waals surface area contributed by atoms with Crippen LogP contribution in [0.4, 0.5) is 10.1 Å². The number of ether oxygens (including phenoxy) is 2. The van der Waals surface area contributed by atoms with Crippen molar-refractivity contribution in [3.63, 3.8) is 0 Å². The number of benzene rings is 2. The quantitative estimate of drug-likeness (QED) is 0.631. The normalized spacial score (nSPS) is 16.0. The third-order valence-electron chi connectivity index (χ3n) is 5.64. The van der Waals surface area contributed by atoms with Gasteiger partial charge in [0.05, 0.1) is 26.5 Å². The molecule has 0 aliphatic carbocycles. The van der Waals surface area contributed by atoms with Crippen molar-refractivity contribution >= 4 is 23.2 Å². The lowest BCUT2D eigenvalue weighted by Crippen LogP contribution is -2.37. The molecule has 0 radical (unpaired) electrons. The number of anilines is 1. The number of nitrogens with one attached hydrogen (secondary N) is 1. The van der Waals surface area contributed by atoms with E-state index in [0.717, 1.165) is 5.56 Å². The Hall–Kier alpha value is -3.42. The molecule has 0 saturated heterocycles. The number of rotatable bonds is 8. The molecule has 8 heteroatoms. The molecule has 1 unspecified atom stereocenters. The van der Waals surface area contributed by atoms with Crippen molar-refractivity contribution in [2.75, 3.05) is 19.5 Å². The van der Waals surface area contributed by atoms with Gasteiger partial charge in [0.25, 0.3) is 0 Å². The first-order valence-corrected chi connectivity index (χ1v) is 11.0. The van der Waals surface area contributed by atoms with Crippen LogP contribution in [0.5, 0.6) is 11.5 Å². The molecule has 33 heavy (non-hydrogen) atoms. The molecule has 2 amide bonds. The van der Waals surface area contributed by atoms with Crippen molar-refractivity contribution in [1.29, 1.82) is 0 Å². The van der Waals surface area contributed by atoms with Crippen LogP contribution in [0.25, 0.3) is 0 Å². The van der Waals surface area contributed by atoms with Gasteiger partial charge in [-0.1, -0.05) is 32.9 Å². The van der Waals surface area contributed by atoms with E-state index in [1.165, 1.54) is 25.3 Å². The van der Waals surface area contributed by atoms with Crippen molar-refractivity contribution in [2.45, 2.75) is 40.2 Å². The number of hydrogen-bond acceptors (Lipinski definition) is 5. The zero-order valence-corrected chi connectivity index (χ0v) is 19.6. The predicted molar refractivity (Wildman–Crippen MR) is 125 cm³/mol. The fraction of sp³-hybridized carbons (Fsp3) is 0.400. The van der Waals surface area contributed by atoms with Crippen LogP contribution in [0.2, 0.25) is 0 Å². The summed E-state index contributed by atoms with van der Waals surface area (Å²) in [5, 5.41) is 8.94. The molecule has 1 N–H and O–H groups in total. The van der Waals surface area contributed by atoms with Crippen molar-refractivity contribution in [3.05, 3.63) is 53.3 Å². The molecule has 3 rings (SSSR count). The van der Waals surface area contributed by atoms with Crippen LogP contribution in [-0.2, 0) is 16.1 Å². The molecule has 0 aromatic heterocycles. The van der Waals surface area contributed by atoms with E-state index in [1.807, 2.05) is 32.9 Å². The highest BCUT2D eigenvalue weighted by Crippen LogP contribution is 2.37. The molecule has 0 bridgehead atoms. The molecule has 176 valence electrons. The number of carbonyl (C=O) groups excluding carboxylic acids is 2. The van der Waals surface area contributed by atoms with E-state index < -0.39 is 5.82 Å². The number of hydrazone groups is 1. The van der Waals surface area contributed by atoms with Gasteiger partial charge in [-0.15, -0.1) is 0 Å². The smallest absolute Gasteiger partial charge is 0.243 e. The molecule has 2 aromatic rings.